The smallest absolute Gasteiger partial charge is 0.338 e. The van der Waals surface area contributed by atoms with Crippen molar-refractivity contribution in [3.05, 3.63) is 123 Å². The minimum atomic E-state index is -4.81. The van der Waals surface area contributed by atoms with Crippen molar-refractivity contribution in [2.75, 3.05) is 62.6 Å². The van der Waals surface area contributed by atoms with Gasteiger partial charge in [0.25, 0.3) is 15.9 Å². The van der Waals surface area contributed by atoms with Gasteiger partial charge in [-0.15, -0.1) is 0 Å². The van der Waals surface area contributed by atoms with Crippen molar-refractivity contribution >= 4 is 67.0 Å². The van der Waals surface area contributed by atoms with Crippen LogP contribution in [-0.2, 0) is 14.8 Å². The lowest BCUT2D eigenvalue weighted by atomic mass is 9.72. The summed E-state index contributed by atoms with van der Waals surface area (Å²) in [5, 5.41) is 18.1. The number of rotatable bonds is 14. The van der Waals surface area contributed by atoms with E-state index in [4.69, 9.17) is 16.3 Å². The lowest BCUT2D eigenvalue weighted by Gasteiger charge is -2.40. The van der Waals surface area contributed by atoms with Gasteiger partial charge in [-0.2, -0.15) is 0 Å². The second kappa shape index (κ2) is 17.8. The molecule has 2 aliphatic heterocycles. The molecule has 2 saturated heterocycles. The summed E-state index contributed by atoms with van der Waals surface area (Å²) in [6.07, 6.45) is 5.87. The summed E-state index contributed by atoms with van der Waals surface area (Å²) in [4.78, 5) is 47.3. The Morgan fingerprint density at radius 2 is 1.73 bits per heavy atom. The molecule has 0 atom stereocenters. The Bertz CT molecular complexity index is 2640. The molecule has 0 spiro atoms. The van der Waals surface area contributed by atoms with Crippen molar-refractivity contribution in [3.8, 4) is 11.5 Å². The van der Waals surface area contributed by atoms with Crippen LogP contribution in [0.4, 0.5) is 17.1 Å². The molecule has 0 radical (unpaired) electrons. The SMILES string of the molecule is CC1(C)CCC(CN2CCN(c3cc(S(=O)(=O)NC(=O)c4ccccc4)c(Oc4ccc5[nH]ccc5c4)c([N+](=O)[O-])c3NCCN3CCCC3=O)CC2)=C(c2ccc(Cl)cc2)C1. The van der Waals surface area contributed by atoms with Crippen LogP contribution < -0.4 is 19.7 Å². The first-order chi connectivity index (χ1) is 29.7. The quantitative estimate of drug-likeness (QED) is 0.0727. The molecule has 0 unspecified atom stereocenters. The number of hydrogen-bond donors (Lipinski definition) is 3. The summed E-state index contributed by atoms with van der Waals surface area (Å²) >= 11 is 6.26. The van der Waals surface area contributed by atoms with Crippen LogP contribution in [0.3, 0.4) is 0 Å². The van der Waals surface area contributed by atoms with E-state index in [1.165, 1.54) is 29.3 Å². The van der Waals surface area contributed by atoms with Crippen molar-refractivity contribution in [2.45, 2.75) is 50.8 Å². The Morgan fingerprint density at radius 1 is 0.968 bits per heavy atom. The van der Waals surface area contributed by atoms with Crippen LogP contribution in [0, 0.1) is 15.5 Å². The van der Waals surface area contributed by atoms with Crippen LogP contribution in [0.5, 0.6) is 11.5 Å². The largest absolute Gasteiger partial charge is 0.449 e. The van der Waals surface area contributed by atoms with Gasteiger partial charge < -0.3 is 24.8 Å². The number of hydrogen-bond acceptors (Lipinski definition) is 10. The molecule has 62 heavy (non-hydrogen) atoms. The predicted octanol–water partition coefficient (Wildman–Crippen LogP) is 8.46. The number of nitro groups is 1. The third kappa shape index (κ3) is 9.44. The number of nitrogens with zero attached hydrogens (tertiary/aromatic N) is 4. The average Bonchev–Trinajstić information content (AvgIpc) is 3.90. The van der Waals surface area contributed by atoms with Gasteiger partial charge in [-0.1, -0.05) is 61.4 Å². The van der Waals surface area contributed by atoms with Crippen LogP contribution in [0.15, 0.2) is 102 Å². The summed E-state index contributed by atoms with van der Waals surface area (Å²) in [6.45, 7) is 8.41. The van der Waals surface area contributed by atoms with E-state index in [1.807, 2.05) is 17.0 Å². The Balaban J connectivity index is 1.17. The Kier molecular flexibility index (Phi) is 12.3. The standard InChI is InChI=1S/C46H50ClN7O7S/c1-46(2)18-16-34(37(29-46)31-10-12-35(47)13-11-31)30-51-23-25-52(26-24-51)39-28-40(62(59,60)50-45(56)32-7-4-3-5-8-32)44(61-36-14-15-38-33(27-36)17-19-48-38)43(54(57)58)42(39)49-20-22-53-21-6-9-41(53)55/h3-5,7-8,10-15,17,19,27-28,48-49H,6,9,16,18,20-26,29-30H2,1-2H3,(H,50,56). The van der Waals surface area contributed by atoms with E-state index in [-0.39, 0.29) is 40.6 Å². The Labute approximate surface area is 366 Å². The first kappa shape index (κ1) is 42.8. The molecule has 8 rings (SSSR count). The average molecular weight is 880 g/mol. The number of likely N-dealkylation sites (tertiary alicyclic amines) is 1. The minimum absolute atomic E-state index is 0.00767. The predicted molar refractivity (Wildman–Crippen MR) is 242 cm³/mol. The Morgan fingerprint density at radius 3 is 2.44 bits per heavy atom. The molecular formula is C46H50ClN7O7S. The van der Waals surface area contributed by atoms with Gasteiger partial charge >= 0.3 is 5.69 Å². The van der Waals surface area contributed by atoms with Gasteiger partial charge in [0.15, 0.2) is 0 Å². The highest BCUT2D eigenvalue weighted by molar-refractivity contribution is 7.90. The number of carbonyl (C=O) groups excluding carboxylic acids is 2. The zero-order valence-electron chi connectivity index (χ0n) is 34.8. The topological polar surface area (TPSA) is 170 Å². The summed E-state index contributed by atoms with van der Waals surface area (Å²) < 4.78 is 37.4. The lowest BCUT2D eigenvalue weighted by molar-refractivity contribution is -0.384. The number of nitro benzene ring substituents is 1. The molecule has 0 saturated carbocycles. The molecule has 5 aromatic rings. The normalized spacial score (nSPS) is 17.1. The van der Waals surface area contributed by atoms with Crippen LogP contribution in [-0.4, -0.2) is 92.3 Å². The number of benzene rings is 4. The second-order valence-corrected chi connectivity index (χ2v) is 19.0. The number of halogens is 1. The number of nitrogens with one attached hydrogen (secondary N) is 3. The van der Waals surface area contributed by atoms with Gasteiger partial charge in [0.05, 0.1) is 10.6 Å². The molecule has 324 valence electrons. The van der Waals surface area contributed by atoms with Gasteiger partial charge in [-0.3, -0.25) is 24.6 Å². The molecular weight excluding hydrogens is 830 g/mol. The van der Waals surface area contributed by atoms with E-state index in [2.05, 4.69) is 45.9 Å². The second-order valence-electron chi connectivity index (χ2n) is 16.9. The molecule has 1 aromatic heterocycles. The first-order valence-electron chi connectivity index (χ1n) is 20.9. The van der Waals surface area contributed by atoms with Gasteiger partial charge in [0.1, 0.15) is 16.3 Å². The maximum atomic E-state index is 14.5. The molecule has 3 N–H and O–H groups in total. The molecule has 1 aliphatic carbocycles. The number of aromatic nitrogens is 1. The summed E-state index contributed by atoms with van der Waals surface area (Å²) in [6, 6.07) is 24.0. The number of H-pyrrole nitrogens is 1. The fraction of sp³-hybridized carbons (Fsp3) is 0.348. The van der Waals surface area contributed by atoms with E-state index in [0.717, 1.165) is 48.7 Å². The number of sulfonamides is 1. The van der Waals surface area contributed by atoms with Crippen molar-refractivity contribution in [3.63, 3.8) is 0 Å². The highest BCUT2D eigenvalue weighted by atomic mass is 35.5. The highest BCUT2D eigenvalue weighted by Gasteiger charge is 2.38. The maximum Gasteiger partial charge on any atom is 0.338 e. The van der Waals surface area contributed by atoms with Gasteiger partial charge in [0, 0.05) is 86.5 Å². The van der Waals surface area contributed by atoms with Gasteiger partial charge in [-0.05, 0) is 96.8 Å². The monoisotopic (exact) mass is 879 g/mol. The number of amides is 2. The molecule has 4 aromatic carbocycles. The molecule has 14 nitrogen and oxygen atoms in total. The fourth-order valence-corrected chi connectivity index (χ4v) is 9.93. The fourth-order valence-electron chi connectivity index (χ4n) is 8.68. The number of ether oxygens (including phenoxy) is 1. The van der Waals surface area contributed by atoms with Crippen molar-refractivity contribution in [1.29, 1.82) is 0 Å². The third-order valence-corrected chi connectivity index (χ3v) is 13.6. The highest BCUT2D eigenvalue weighted by Crippen LogP contribution is 2.49. The van der Waals surface area contributed by atoms with Gasteiger partial charge in [-0.25, -0.2) is 13.1 Å². The van der Waals surface area contributed by atoms with Gasteiger partial charge in [0.2, 0.25) is 11.7 Å². The Hall–Kier alpha value is -5.90. The van der Waals surface area contributed by atoms with E-state index < -0.39 is 37.2 Å². The summed E-state index contributed by atoms with van der Waals surface area (Å²) in [7, 11) is -4.81. The summed E-state index contributed by atoms with van der Waals surface area (Å²) in [5.41, 5.74) is 4.62. The van der Waals surface area contributed by atoms with E-state index >= 15 is 0 Å². The van der Waals surface area contributed by atoms with Crippen molar-refractivity contribution in [2.24, 2.45) is 5.41 Å². The number of fused-ring (bicyclic) bond motifs is 1. The van der Waals surface area contributed by atoms with E-state index in [0.29, 0.717) is 50.7 Å². The van der Waals surface area contributed by atoms with Crippen LogP contribution in [0.1, 0.15) is 61.9 Å². The zero-order valence-corrected chi connectivity index (χ0v) is 36.4. The molecule has 16 heteroatoms. The minimum Gasteiger partial charge on any atom is -0.449 e. The van der Waals surface area contributed by atoms with Crippen molar-refractivity contribution in [1.82, 2.24) is 19.5 Å². The zero-order chi connectivity index (χ0) is 43.6. The third-order valence-electron chi connectivity index (χ3n) is 12.0. The first-order valence-corrected chi connectivity index (χ1v) is 22.8. The molecule has 0 bridgehead atoms. The maximum absolute atomic E-state index is 14.5. The van der Waals surface area contributed by atoms with Crippen molar-refractivity contribution < 1.29 is 27.7 Å². The number of piperazine rings is 1. The molecule has 2 fully saturated rings. The van der Waals surface area contributed by atoms with E-state index in [9.17, 15) is 28.1 Å². The molecule has 3 heterocycles. The number of anilines is 2. The summed E-state index contributed by atoms with van der Waals surface area (Å²) in [5.74, 6) is -1.30. The number of carbonyl (C=O) groups is 2. The molecule has 3 aliphatic rings. The van der Waals surface area contributed by atoms with E-state index in [1.54, 1.807) is 53.6 Å². The lowest BCUT2D eigenvalue weighted by Crippen LogP contribution is -2.47. The number of allylic oxidation sites excluding steroid dienone is 1. The van der Waals surface area contributed by atoms with Crippen LogP contribution in [0.2, 0.25) is 5.02 Å². The van der Waals surface area contributed by atoms with Crippen LogP contribution >= 0.6 is 11.6 Å². The molecule has 2 amide bonds. The van der Waals surface area contributed by atoms with Crippen LogP contribution in [0.25, 0.3) is 16.5 Å². The number of aromatic amines is 1.